The van der Waals surface area contributed by atoms with E-state index in [0.717, 1.165) is 16.9 Å². The van der Waals surface area contributed by atoms with Crippen LogP contribution in [0.5, 0.6) is 5.75 Å². The number of hydrogen-bond donors (Lipinski definition) is 1. The normalized spacial score (nSPS) is 11.7. The van der Waals surface area contributed by atoms with E-state index in [4.69, 9.17) is 5.73 Å². The molecule has 5 nitrogen and oxygen atoms in total. The van der Waals surface area contributed by atoms with E-state index in [9.17, 15) is 22.4 Å². The van der Waals surface area contributed by atoms with Gasteiger partial charge < -0.3 is 10.5 Å². The smallest absolute Gasteiger partial charge is 0.426 e. The molecule has 9 heteroatoms. The highest BCUT2D eigenvalue weighted by Gasteiger charge is 2.44. The number of benzene rings is 1. The van der Waals surface area contributed by atoms with Gasteiger partial charge in [0.1, 0.15) is 5.69 Å². The lowest BCUT2D eigenvalue weighted by Gasteiger charge is -2.18. The maximum atomic E-state index is 13.0. The van der Waals surface area contributed by atoms with Crippen molar-refractivity contribution >= 4 is 5.91 Å². The predicted molar refractivity (Wildman–Crippen MR) is 63.7 cm³/mol. The molecule has 0 saturated heterocycles. The molecule has 0 fully saturated rings. The topological polar surface area (TPSA) is 70.1 Å². The standard InChI is InChI=1S/C12H9F4N3O2/c13-11(14)12(15,16)21-9-4-2-1-3-8(9)19-6-7(5-18-19)10(17)20/h1-6,11H,(H2,17,20). The molecule has 21 heavy (non-hydrogen) atoms. The number of primary amides is 1. The Labute approximate surface area is 115 Å². The predicted octanol–water partition coefficient (Wildman–Crippen LogP) is 2.21. The minimum Gasteiger partial charge on any atom is -0.426 e. The van der Waals surface area contributed by atoms with Crippen molar-refractivity contribution in [2.75, 3.05) is 0 Å². The van der Waals surface area contributed by atoms with Crippen molar-refractivity contribution in [2.24, 2.45) is 5.73 Å². The Balaban J connectivity index is 2.39. The van der Waals surface area contributed by atoms with Crippen molar-refractivity contribution in [2.45, 2.75) is 12.5 Å². The van der Waals surface area contributed by atoms with Gasteiger partial charge in [-0.3, -0.25) is 4.79 Å². The lowest BCUT2D eigenvalue weighted by atomic mass is 10.3. The maximum absolute atomic E-state index is 13.0. The molecule has 0 aliphatic heterocycles. The van der Waals surface area contributed by atoms with Crippen molar-refractivity contribution in [3.05, 3.63) is 42.2 Å². The molecular weight excluding hydrogens is 294 g/mol. The quantitative estimate of drug-likeness (QED) is 0.861. The summed E-state index contributed by atoms with van der Waals surface area (Å²) in [5.74, 6) is -1.28. The van der Waals surface area contributed by atoms with E-state index >= 15 is 0 Å². The van der Waals surface area contributed by atoms with Gasteiger partial charge in [0, 0.05) is 6.20 Å². The molecule has 0 spiro atoms. The summed E-state index contributed by atoms with van der Waals surface area (Å²) in [7, 11) is 0. The molecule has 112 valence electrons. The first-order valence-electron chi connectivity index (χ1n) is 5.60. The minimum absolute atomic E-state index is 0.0328. The molecule has 0 atom stereocenters. The van der Waals surface area contributed by atoms with Crippen LogP contribution in [0.1, 0.15) is 10.4 Å². The van der Waals surface area contributed by atoms with Crippen LogP contribution in [-0.4, -0.2) is 28.2 Å². The van der Waals surface area contributed by atoms with E-state index in [0.29, 0.717) is 0 Å². The molecule has 1 heterocycles. The third kappa shape index (κ3) is 3.12. The maximum Gasteiger partial charge on any atom is 0.461 e. The van der Waals surface area contributed by atoms with E-state index in [-0.39, 0.29) is 11.3 Å². The monoisotopic (exact) mass is 303 g/mol. The van der Waals surface area contributed by atoms with Crippen molar-refractivity contribution in [1.82, 2.24) is 9.78 Å². The Morgan fingerprint density at radius 1 is 1.33 bits per heavy atom. The van der Waals surface area contributed by atoms with Crippen molar-refractivity contribution in [1.29, 1.82) is 0 Å². The zero-order valence-corrected chi connectivity index (χ0v) is 10.3. The van der Waals surface area contributed by atoms with Gasteiger partial charge >= 0.3 is 12.5 Å². The van der Waals surface area contributed by atoms with Crippen LogP contribution in [0, 0.1) is 0 Å². The van der Waals surface area contributed by atoms with Gasteiger partial charge in [0.05, 0.1) is 11.8 Å². The molecule has 1 aromatic carbocycles. The van der Waals surface area contributed by atoms with Crippen LogP contribution >= 0.6 is 0 Å². The Morgan fingerprint density at radius 3 is 2.57 bits per heavy atom. The molecule has 0 radical (unpaired) electrons. The Bertz CT molecular complexity index is 657. The average molecular weight is 303 g/mol. The van der Waals surface area contributed by atoms with E-state index < -0.39 is 24.2 Å². The van der Waals surface area contributed by atoms with Gasteiger partial charge in [0.2, 0.25) is 0 Å². The largest absolute Gasteiger partial charge is 0.461 e. The molecule has 1 amide bonds. The number of hydrogen-bond acceptors (Lipinski definition) is 3. The fraction of sp³-hybridized carbons (Fsp3) is 0.167. The molecule has 0 saturated carbocycles. The van der Waals surface area contributed by atoms with Crippen molar-refractivity contribution in [3.63, 3.8) is 0 Å². The number of ether oxygens (including phenoxy) is 1. The number of nitrogens with zero attached hydrogens (tertiary/aromatic N) is 2. The van der Waals surface area contributed by atoms with Gasteiger partial charge in [-0.25, -0.2) is 4.68 Å². The molecule has 2 rings (SSSR count). The van der Waals surface area contributed by atoms with Crippen LogP contribution in [0.25, 0.3) is 5.69 Å². The summed E-state index contributed by atoms with van der Waals surface area (Å²) in [4.78, 5) is 11.0. The van der Waals surface area contributed by atoms with Gasteiger partial charge in [-0.2, -0.15) is 22.7 Å². The van der Waals surface area contributed by atoms with Crippen LogP contribution in [0.15, 0.2) is 36.7 Å². The zero-order chi connectivity index (χ0) is 15.6. The summed E-state index contributed by atoms with van der Waals surface area (Å²) in [6, 6.07) is 5.19. The Kier molecular flexibility index (Phi) is 3.83. The minimum atomic E-state index is -4.64. The Hall–Kier alpha value is -2.58. The second-order valence-corrected chi connectivity index (χ2v) is 3.97. The number of carbonyl (C=O) groups excluding carboxylic acids is 1. The van der Waals surface area contributed by atoms with Crippen molar-refractivity contribution in [3.8, 4) is 11.4 Å². The highest BCUT2D eigenvalue weighted by atomic mass is 19.3. The number of para-hydroxylation sites is 2. The molecule has 0 bridgehead atoms. The molecule has 0 unspecified atom stereocenters. The third-order valence-electron chi connectivity index (χ3n) is 2.48. The highest BCUT2D eigenvalue weighted by Crippen LogP contribution is 2.31. The second kappa shape index (κ2) is 5.43. The van der Waals surface area contributed by atoms with Gasteiger partial charge in [0.25, 0.3) is 5.91 Å². The summed E-state index contributed by atoms with van der Waals surface area (Å²) in [6.45, 7) is 0. The lowest BCUT2D eigenvalue weighted by Crippen LogP contribution is -2.33. The Morgan fingerprint density at radius 2 is 2.00 bits per heavy atom. The molecule has 2 aromatic rings. The molecule has 0 aliphatic carbocycles. The summed E-state index contributed by atoms with van der Waals surface area (Å²) in [5.41, 5.74) is 5.04. The fourth-order valence-electron chi connectivity index (χ4n) is 1.51. The number of aromatic nitrogens is 2. The zero-order valence-electron chi connectivity index (χ0n) is 10.3. The summed E-state index contributed by atoms with van der Waals surface area (Å²) in [6.07, 6.45) is -6.34. The van der Waals surface area contributed by atoms with Gasteiger partial charge in [-0.1, -0.05) is 12.1 Å². The highest BCUT2D eigenvalue weighted by molar-refractivity contribution is 5.92. The lowest BCUT2D eigenvalue weighted by molar-refractivity contribution is -0.253. The number of rotatable bonds is 5. The number of halogens is 4. The van der Waals surface area contributed by atoms with Crippen LogP contribution < -0.4 is 10.5 Å². The molecule has 0 aliphatic rings. The number of alkyl halides is 4. The van der Waals surface area contributed by atoms with Crippen molar-refractivity contribution < 1.29 is 27.1 Å². The van der Waals surface area contributed by atoms with Crippen LogP contribution in [-0.2, 0) is 0 Å². The van der Waals surface area contributed by atoms with Crippen LogP contribution in [0.3, 0.4) is 0 Å². The first-order valence-corrected chi connectivity index (χ1v) is 5.60. The van der Waals surface area contributed by atoms with E-state index in [1.165, 1.54) is 24.4 Å². The van der Waals surface area contributed by atoms with E-state index in [2.05, 4.69) is 9.84 Å². The first-order chi connectivity index (χ1) is 9.81. The SMILES string of the molecule is NC(=O)c1cnn(-c2ccccc2OC(F)(F)C(F)F)c1. The van der Waals surface area contributed by atoms with E-state index in [1.54, 1.807) is 0 Å². The summed E-state index contributed by atoms with van der Waals surface area (Å²) < 4.78 is 55.4. The van der Waals surface area contributed by atoms with Gasteiger partial charge in [0.15, 0.2) is 5.75 Å². The van der Waals surface area contributed by atoms with Gasteiger partial charge in [-0.15, -0.1) is 0 Å². The second-order valence-electron chi connectivity index (χ2n) is 3.97. The molecular formula is C12H9F4N3O2. The third-order valence-corrected chi connectivity index (χ3v) is 2.48. The number of nitrogens with two attached hydrogens (primary N) is 1. The number of amides is 1. The molecule has 2 N–H and O–H groups in total. The fourth-order valence-corrected chi connectivity index (χ4v) is 1.51. The molecule has 1 aromatic heterocycles. The van der Waals surface area contributed by atoms with Crippen LogP contribution in [0.2, 0.25) is 0 Å². The van der Waals surface area contributed by atoms with Crippen LogP contribution in [0.4, 0.5) is 17.6 Å². The number of carbonyl (C=O) groups is 1. The summed E-state index contributed by atoms with van der Waals surface area (Å²) >= 11 is 0. The van der Waals surface area contributed by atoms with Gasteiger partial charge in [-0.05, 0) is 12.1 Å². The first kappa shape index (κ1) is 14.8. The average Bonchev–Trinajstić information content (AvgIpc) is 2.88. The summed E-state index contributed by atoms with van der Waals surface area (Å²) in [5, 5.41) is 3.75. The van der Waals surface area contributed by atoms with E-state index in [1.807, 2.05) is 0 Å².